The Bertz CT molecular complexity index is 796. The molecule has 34 heavy (non-hydrogen) atoms. The van der Waals surface area contributed by atoms with Crippen LogP contribution in [0.15, 0.2) is 24.3 Å². The van der Waals surface area contributed by atoms with Gasteiger partial charge in [0.05, 0.1) is 5.92 Å². The van der Waals surface area contributed by atoms with Crippen LogP contribution in [0.3, 0.4) is 0 Å². The monoisotopic (exact) mass is 474 g/mol. The van der Waals surface area contributed by atoms with Crippen LogP contribution < -0.4 is 10.7 Å². The number of hydrogen-bond acceptors (Lipinski definition) is 5. The molecule has 1 aromatic carbocycles. The summed E-state index contributed by atoms with van der Waals surface area (Å²) in [5.41, 5.74) is 5.45. The lowest BCUT2D eigenvalue weighted by molar-refractivity contribution is -0.151. The molecule has 190 valence electrons. The van der Waals surface area contributed by atoms with Crippen LogP contribution in [0.25, 0.3) is 0 Å². The van der Waals surface area contributed by atoms with Gasteiger partial charge in [0.25, 0.3) is 0 Å². The number of carbonyl (C=O) groups is 3. The Morgan fingerprint density at radius 2 is 1.82 bits per heavy atom. The maximum Gasteiger partial charge on any atom is 0.306 e. The lowest BCUT2D eigenvalue weighted by Gasteiger charge is -2.37. The van der Waals surface area contributed by atoms with E-state index in [1.54, 1.807) is 7.05 Å². The molecule has 1 saturated heterocycles. The van der Waals surface area contributed by atoms with Crippen molar-refractivity contribution in [3.63, 3.8) is 0 Å². The summed E-state index contributed by atoms with van der Waals surface area (Å²) in [6.07, 6.45) is 5.18. The van der Waals surface area contributed by atoms with Gasteiger partial charge < -0.3 is 15.3 Å². The molecule has 2 rings (SSSR count). The van der Waals surface area contributed by atoms with Gasteiger partial charge >= 0.3 is 5.97 Å². The van der Waals surface area contributed by atoms with Crippen molar-refractivity contribution in [2.75, 3.05) is 27.7 Å². The van der Waals surface area contributed by atoms with Crippen LogP contribution in [0.4, 0.5) is 0 Å². The summed E-state index contributed by atoms with van der Waals surface area (Å²) in [6.45, 7) is 3.52. The van der Waals surface area contributed by atoms with Crippen molar-refractivity contribution in [1.29, 1.82) is 0 Å². The fraction of sp³-hybridized carbons (Fsp3) is 0.654. The number of carbonyl (C=O) groups excluding carboxylic acids is 2. The molecule has 3 N–H and O–H groups in total. The predicted molar refractivity (Wildman–Crippen MR) is 133 cm³/mol. The van der Waals surface area contributed by atoms with Crippen molar-refractivity contribution < 1.29 is 19.5 Å². The van der Waals surface area contributed by atoms with Gasteiger partial charge in [-0.1, -0.05) is 44.0 Å². The SMILES string of the molecule is CCCCC(CC(CCc1ccc(CN(C)C)cc1)C(=O)N1NCCCC1C(=O)NC)C(=O)O. The van der Waals surface area contributed by atoms with Crippen LogP contribution in [0.1, 0.15) is 63.0 Å². The minimum absolute atomic E-state index is 0.180. The zero-order valence-electron chi connectivity index (χ0n) is 21.2. The molecule has 0 spiro atoms. The van der Waals surface area contributed by atoms with Crippen LogP contribution in [-0.4, -0.2) is 66.5 Å². The summed E-state index contributed by atoms with van der Waals surface area (Å²) < 4.78 is 0. The van der Waals surface area contributed by atoms with Crippen LogP contribution in [0.5, 0.6) is 0 Å². The van der Waals surface area contributed by atoms with Crippen molar-refractivity contribution in [3.8, 4) is 0 Å². The van der Waals surface area contributed by atoms with E-state index in [2.05, 4.69) is 39.9 Å². The van der Waals surface area contributed by atoms with E-state index in [4.69, 9.17) is 0 Å². The molecule has 0 aliphatic carbocycles. The predicted octanol–water partition coefficient (Wildman–Crippen LogP) is 2.82. The molecule has 3 unspecified atom stereocenters. The summed E-state index contributed by atoms with van der Waals surface area (Å²) in [6, 6.07) is 7.79. The maximum atomic E-state index is 13.6. The van der Waals surface area contributed by atoms with Crippen molar-refractivity contribution >= 4 is 17.8 Å². The van der Waals surface area contributed by atoms with Crippen molar-refractivity contribution in [3.05, 3.63) is 35.4 Å². The number of hydrogen-bond donors (Lipinski definition) is 3. The summed E-state index contributed by atoms with van der Waals surface area (Å²) in [4.78, 5) is 40.1. The highest BCUT2D eigenvalue weighted by Gasteiger charge is 2.37. The van der Waals surface area contributed by atoms with Gasteiger partial charge in [-0.05, 0) is 63.7 Å². The number of carboxylic acid groups (broad SMARTS) is 1. The zero-order valence-corrected chi connectivity index (χ0v) is 21.2. The van der Waals surface area contributed by atoms with Gasteiger partial charge in [-0.2, -0.15) is 0 Å². The highest BCUT2D eigenvalue weighted by atomic mass is 16.4. The number of benzene rings is 1. The van der Waals surface area contributed by atoms with Crippen LogP contribution >= 0.6 is 0 Å². The van der Waals surface area contributed by atoms with Gasteiger partial charge in [-0.3, -0.25) is 19.4 Å². The van der Waals surface area contributed by atoms with E-state index >= 15 is 0 Å². The number of unbranched alkanes of at least 4 members (excludes halogenated alkanes) is 1. The number of nitrogens with zero attached hydrogens (tertiary/aromatic N) is 2. The molecular weight excluding hydrogens is 432 g/mol. The first kappa shape index (κ1) is 27.8. The largest absolute Gasteiger partial charge is 0.481 e. The summed E-state index contributed by atoms with van der Waals surface area (Å²) in [7, 11) is 5.63. The average molecular weight is 475 g/mol. The lowest BCUT2D eigenvalue weighted by Crippen LogP contribution is -2.59. The number of hydrazine groups is 1. The topological polar surface area (TPSA) is 102 Å². The Hall–Kier alpha value is -2.45. The average Bonchev–Trinajstić information content (AvgIpc) is 2.83. The molecule has 1 heterocycles. The number of amides is 2. The Labute approximate surface area is 204 Å². The molecule has 1 aliphatic rings. The quantitative estimate of drug-likeness (QED) is 0.406. The van der Waals surface area contributed by atoms with E-state index in [-0.39, 0.29) is 18.2 Å². The minimum atomic E-state index is -0.853. The number of aryl methyl sites for hydroxylation is 1. The third-order valence-electron chi connectivity index (χ3n) is 6.51. The van der Waals surface area contributed by atoms with Gasteiger partial charge in [0, 0.05) is 26.1 Å². The molecular formula is C26H42N4O4. The van der Waals surface area contributed by atoms with E-state index < -0.39 is 23.8 Å². The van der Waals surface area contributed by atoms with Gasteiger partial charge in [0.15, 0.2) is 0 Å². The van der Waals surface area contributed by atoms with E-state index in [1.807, 2.05) is 21.0 Å². The maximum absolute atomic E-state index is 13.6. The Morgan fingerprint density at radius 1 is 1.15 bits per heavy atom. The highest BCUT2D eigenvalue weighted by Crippen LogP contribution is 2.26. The Morgan fingerprint density at radius 3 is 2.41 bits per heavy atom. The second kappa shape index (κ2) is 14.1. The lowest BCUT2D eigenvalue weighted by atomic mass is 9.86. The van der Waals surface area contributed by atoms with E-state index in [1.165, 1.54) is 10.6 Å². The molecule has 0 aromatic heterocycles. The molecule has 1 fully saturated rings. The third kappa shape index (κ3) is 8.40. The smallest absolute Gasteiger partial charge is 0.306 e. The number of aliphatic carboxylic acids is 1. The van der Waals surface area contributed by atoms with Crippen LogP contribution in [0, 0.1) is 11.8 Å². The normalized spacial score (nSPS) is 17.9. The molecule has 0 bridgehead atoms. The standard InChI is InChI=1S/C26H42N4O4/c1-5-6-8-22(26(33)34)17-21(15-14-19-10-12-20(13-11-19)18-29(3)4)25(32)30-23(24(31)27-2)9-7-16-28-30/h10-13,21-23,28H,5-9,14-18H2,1-4H3,(H,27,31)(H,33,34). The van der Waals surface area contributed by atoms with E-state index in [0.717, 1.165) is 31.4 Å². The number of rotatable bonds is 13. The summed E-state index contributed by atoms with van der Waals surface area (Å²) in [5, 5.41) is 13.9. The fourth-order valence-electron chi connectivity index (χ4n) is 4.57. The first-order chi connectivity index (χ1) is 16.3. The number of likely N-dealkylation sites (N-methyl/N-ethyl adjacent to an activating group) is 1. The second-order valence-corrected chi connectivity index (χ2v) is 9.59. The molecule has 2 amide bonds. The number of carboxylic acids is 1. The fourth-order valence-corrected chi connectivity index (χ4v) is 4.57. The molecule has 3 atom stereocenters. The minimum Gasteiger partial charge on any atom is -0.481 e. The molecule has 0 radical (unpaired) electrons. The molecule has 1 aliphatic heterocycles. The second-order valence-electron chi connectivity index (χ2n) is 9.59. The Kier molecular flexibility index (Phi) is 11.5. The van der Waals surface area contributed by atoms with Gasteiger partial charge in [0.2, 0.25) is 11.8 Å². The first-order valence-electron chi connectivity index (χ1n) is 12.5. The van der Waals surface area contributed by atoms with Gasteiger partial charge in [-0.25, -0.2) is 5.43 Å². The number of nitrogens with one attached hydrogen (secondary N) is 2. The van der Waals surface area contributed by atoms with Crippen LogP contribution in [-0.2, 0) is 27.3 Å². The van der Waals surface area contributed by atoms with Crippen molar-refractivity contribution in [2.45, 2.75) is 70.9 Å². The molecule has 0 saturated carbocycles. The summed E-state index contributed by atoms with van der Waals surface area (Å²) in [5.74, 6) is -2.28. The van der Waals surface area contributed by atoms with E-state index in [9.17, 15) is 19.5 Å². The van der Waals surface area contributed by atoms with Crippen molar-refractivity contribution in [1.82, 2.24) is 20.7 Å². The molecule has 8 nitrogen and oxygen atoms in total. The molecule has 1 aromatic rings. The third-order valence-corrected chi connectivity index (χ3v) is 6.51. The van der Waals surface area contributed by atoms with Crippen molar-refractivity contribution in [2.24, 2.45) is 11.8 Å². The van der Waals surface area contributed by atoms with Gasteiger partial charge in [-0.15, -0.1) is 0 Å². The van der Waals surface area contributed by atoms with Gasteiger partial charge in [0.1, 0.15) is 6.04 Å². The first-order valence-corrected chi connectivity index (χ1v) is 12.5. The summed E-state index contributed by atoms with van der Waals surface area (Å²) >= 11 is 0. The van der Waals surface area contributed by atoms with Crippen LogP contribution in [0.2, 0.25) is 0 Å². The zero-order chi connectivity index (χ0) is 25.1. The van der Waals surface area contributed by atoms with E-state index in [0.29, 0.717) is 32.2 Å². The Balaban J connectivity index is 2.19. The molecule has 8 heteroatoms. The highest BCUT2D eigenvalue weighted by molar-refractivity contribution is 5.88.